The summed E-state index contributed by atoms with van der Waals surface area (Å²) in [6.07, 6.45) is 0.0184. The molecule has 1 aromatic heterocycles. The lowest BCUT2D eigenvalue weighted by molar-refractivity contribution is -0.133. The molecule has 1 fully saturated rings. The van der Waals surface area contributed by atoms with E-state index in [9.17, 15) is 4.79 Å². The maximum absolute atomic E-state index is 12.6. The van der Waals surface area contributed by atoms with Crippen LogP contribution in [-0.2, 0) is 4.79 Å². The molecule has 0 bridgehead atoms. The number of nitrogens with zero attached hydrogens (tertiary/aromatic N) is 2. The number of hydrogen-bond acceptors (Lipinski definition) is 4. The SMILES string of the molecule is CC1NC(c2cccs2)N(C(CN(C)C)C(C)C)C1=O. The Labute approximate surface area is 125 Å². The van der Waals surface area contributed by atoms with E-state index in [1.165, 1.54) is 4.88 Å². The van der Waals surface area contributed by atoms with E-state index in [2.05, 4.69) is 54.5 Å². The topological polar surface area (TPSA) is 35.6 Å². The van der Waals surface area contributed by atoms with E-state index in [0.717, 1.165) is 6.54 Å². The van der Waals surface area contributed by atoms with Crippen LogP contribution >= 0.6 is 11.3 Å². The van der Waals surface area contributed by atoms with Gasteiger partial charge in [0.25, 0.3) is 0 Å². The maximum Gasteiger partial charge on any atom is 0.241 e. The van der Waals surface area contributed by atoms with Gasteiger partial charge in [-0.15, -0.1) is 11.3 Å². The summed E-state index contributed by atoms with van der Waals surface area (Å²) in [6.45, 7) is 7.22. The van der Waals surface area contributed by atoms with Gasteiger partial charge in [0.15, 0.2) is 0 Å². The van der Waals surface area contributed by atoms with Gasteiger partial charge in [0.05, 0.1) is 6.04 Å². The molecule has 2 heterocycles. The van der Waals surface area contributed by atoms with E-state index in [4.69, 9.17) is 0 Å². The van der Waals surface area contributed by atoms with Crippen LogP contribution in [0.15, 0.2) is 17.5 Å². The van der Waals surface area contributed by atoms with Gasteiger partial charge in [0, 0.05) is 17.5 Å². The van der Waals surface area contributed by atoms with Gasteiger partial charge in [0.2, 0.25) is 5.91 Å². The number of hydrogen-bond donors (Lipinski definition) is 1. The Morgan fingerprint density at radius 1 is 1.45 bits per heavy atom. The highest BCUT2D eigenvalue weighted by Gasteiger charge is 2.42. The standard InChI is InChI=1S/C15H25N3OS/c1-10(2)12(9-17(4)5)18-14(13-7-6-8-20-13)16-11(3)15(18)19/h6-8,10-12,14,16H,9H2,1-5H3. The van der Waals surface area contributed by atoms with Gasteiger partial charge in [0.1, 0.15) is 6.17 Å². The molecule has 4 nitrogen and oxygen atoms in total. The van der Waals surface area contributed by atoms with Crippen molar-refractivity contribution in [3.63, 3.8) is 0 Å². The Kier molecular flexibility index (Phi) is 4.83. The predicted molar refractivity (Wildman–Crippen MR) is 83.7 cm³/mol. The lowest BCUT2D eigenvalue weighted by Gasteiger charge is -2.36. The van der Waals surface area contributed by atoms with E-state index >= 15 is 0 Å². The highest BCUT2D eigenvalue weighted by atomic mass is 32.1. The fourth-order valence-corrected chi connectivity index (χ4v) is 3.54. The predicted octanol–water partition coefficient (Wildman–Crippen LogP) is 2.15. The summed E-state index contributed by atoms with van der Waals surface area (Å²) in [5.74, 6) is 0.639. The van der Waals surface area contributed by atoms with Crippen molar-refractivity contribution < 1.29 is 4.79 Å². The third-order valence-electron chi connectivity index (χ3n) is 3.80. The summed E-state index contributed by atoms with van der Waals surface area (Å²) in [7, 11) is 4.12. The van der Waals surface area contributed by atoms with Crippen LogP contribution in [0.1, 0.15) is 31.8 Å². The molecule has 0 spiro atoms. The van der Waals surface area contributed by atoms with E-state index in [1.54, 1.807) is 11.3 Å². The first-order chi connectivity index (χ1) is 9.41. The molecule has 3 atom stereocenters. The molecule has 20 heavy (non-hydrogen) atoms. The molecular formula is C15H25N3OS. The second-order valence-electron chi connectivity index (χ2n) is 6.13. The molecule has 0 aromatic carbocycles. The molecule has 1 N–H and O–H groups in total. The number of carbonyl (C=O) groups is 1. The lowest BCUT2D eigenvalue weighted by Crippen LogP contribution is -2.48. The Hall–Kier alpha value is -0.910. The van der Waals surface area contributed by atoms with Crippen molar-refractivity contribution in [3.05, 3.63) is 22.4 Å². The van der Waals surface area contributed by atoms with Gasteiger partial charge in [-0.1, -0.05) is 19.9 Å². The van der Waals surface area contributed by atoms with Gasteiger partial charge in [-0.25, -0.2) is 0 Å². The lowest BCUT2D eigenvalue weighted by atomic mass is 10.0. The molecule has 1 aromatic rings. The zero-order valence-electron chi connectivity index (χ0n) is 13.0. The maximum atomic E-state index is 12.6. The Bertz CT molecular complexity index is 444. The summed E-state index contributed by atoms with van der Waals surface area (Å²) in [5, 5.41) is 5.50. The first kappa shape index (κ1) is 15.5. The van der Waals surface area contributed by atoms with Crippen LogP contribution < -0.4 is 5.32 Å². The Balaban J connectivity index is 2.30. The average Bonchev–Trinajstić information content (AvgIpc) is 2.96. The van der Waals surface area contributed by atoms with Gasteiger partial charge in [-0.05, 0) is 38.4 Å². The number of thiophene rings is 1. The molecule has 2 rings (SSSR count). The van der Waals surface area contributed by atoms with Crippen molar-refractivity contribution in [2.45, 2.75) is 39.0 Å². The second kappa shape index (κ2) is 6.24. The molecule has 1 amide bonds. The van der Waals surface area contributed by atoms with Crippen LogP contribution in [0, 0.1) is 5.92 Å². The molecule has 1 saturated heterocycles. The minimum atomic E-state index is -0.106. The Morgan fingerprint density at radius 2 is 2.15 bits per heavy atom. The summed E-state index contributed by atoms with van der Waals surface area (Å²) >= 11 is 1.71. The van der Waals surface area contributed by atoms with Crippen molar-refractivity contribution in [1.29, 1.82) is 0 Å². The molecule has 3 unspecified atom stereocenters. The van der Waals surface area contributed by atoms with E-state index in [0.29, 0.717) is 5.92 Å². The Morgan fingerprint density at radius 3 is 2.65 bits per heavy atom. The van der Waals surface area contributed by atoms with Crippen molar-refractivity contribution in [3.8, 4) is 0 Å². The highest BCUT2D eigenvalue weighted by molar-refractivity contribution is 7.10. The van der Waals surface area contributed by atoms with E-state index in [1.807, 2.05) is 13.0 Å². The third-order valence-corrected chi connectivity index (χ3v) is 4.73. The van der Waals surface area contributed by atoms with Crippen LogP contribution in [0.3, 0.4) is 0 Å². The minimum absolute atomic E-state index is 0.0184. The fourth-order valence-electron chi connectivity index (χ4n) is 2.75. The number of likely N-dealkylation sites (N-methyl/N-ethyl adjacent to an activating group) is 1. The molecule has 5 heteroatoms. The minimum Gasteiger partial charge on any atom is -0.316 e. The molecule has 112 valence electrons. The molecule has 0 aliphatic carbocycles. The monoisotopic (exact) mass is 295 g/mol. The average molecular weight is 295 g/mol. The number of carbonyl (C=O) groups excluding carboxylic acids is 1. The second-order valence-corrected chi connectivity index (χ2v) is 7.10. The van der Waals surface area contributed by atoms with Crippen LogP contribution in [0.2, 0.25) is 0 Å². The van der Waals surface area contributed by atoms with Crippen molar-refractivity contribution in [1.82, 2.24) is 15.1 Å². The van der Waals surface area contributed by atoms with Crippen LogP contribution in [0.4, 0.5) is 0 Å². The fraction of sp³-hybridized carbons (Fsp3) is 0.667. The highest BCUT2D eigenvalue weighted by Crippen LogP contribution is 2.32. The first-order valence-corrected chi connectivity index (χ1v) is 8.06. The number of rotatable bonds is 5. The number of amides is 1. The molecular weight excluding hydrogens is 270 g/mol. The summed E-state index contributed by atoms with van der Waals surface area (Å²) in [4.78, 5) is 18.0. The van der Waals surface area contributed by atoms with Crippen LogP contribution in [-0.4, -0.2) is 48.4 Å². The normalized spacial score (nSPS) is 24.9. The van der Waals surface area contributed by atoms with Gasteiger partial charge in [-0.3, -0.25) is 10.1 Å². The number of nitrogens with one attached hydrogen (secondary N) is 1. The summed E-state index contributed by atoms with van der Waals surface area (Å²) < 4.78 is 0. The quantitative estimate of drug-likeness (QED) is 0.904. The molecule has 0 radical (unpaired) electrons. The van der Waals surface area contributed by atoms with Crippen molar-refractivity contribution >= 4 is 17.2 Å². The first-order valence-electron chi connectivity index (χ1n) is 7.18. The van der Waals surface area contributed by atoms with Gasteiger partial charge < -0.3 is 9.80 Å². The molecule has 1 aliphatic heterocycles. The van der Waals surface area contributed by atoms with Crippen molar-refractivity contribution in [2.75, 3.05) is 20.6 Å². The summed E-state index contributed by atoms with van der Waals surface area (Å²) in [6, 6.07) is 4.27. The largest absolute Gasteiger partial charge is 0.316 e. The van der Waals surface area contributed by atoms with Crippen molar-refractivity contribution in [2.24, 2.45) is 5.92 Å². The summed E-state index contributed by atoms with van der Waals surface area (Å²) in [5.41, 5.74) is 0. The van der Waals surface area contributed by atoms with Gasteiger partial charge in [-0.2, -0.15) is 0 Å². The molecule has 0 saturated carbocycles. The molecule has 1 aliphatic rings. The zero-order valence-corrected chi connectivity index (χ0v) is 13.8. The van der Waals surface area contributed by atoms with Gasteiger partial charge >= 0.3 is 0 Å². The van der Waals surface area contributed by atoms with E-state index in [-0.39, 0.29) is 24.2 Å². The zero-order chi connectivity index (χ0) is 14.9. The third kappa shape index (κ3) is 3.05. The van der Waals surface area contributed by atoms with Crippen LogP contribution in [0.25, 0.3) is 0 Å². The van der Waals surface area contributed by atoms with E-state index < -0.39 is 0 Å². The van der Waals surface area contributed by atoms with Crippen LogP contribution in [0.5, 0.6) is 0 Å². The smallest absolute Gasteiger partial charge is 0.241 e.